The van der Waals surface area contributed by atoms with Crippen LogP contribution >= 0.6 is 0 Å². The van der Waals surface area contributed by atoms with E-state index in [1.807, 2.05) is 72.8 Å². The van der Waals surface area contributed by atoms with Gasteiger partial charge < -0.3 is 34.5 Å². The van der Waals surface area contributed by atoms with Gasteiger partial charge in [-0.3, -0.25) is 9.59 Å². The monoisotopic (exact) mass is 654 g/mol. The lowest BCUT2D eigenvalue weighted by atomic mass is 9.77. The van der Waals surface area contributed by atoms with Gasteiger partial charge in [0.25, 0.3) is 5.56 Å². The first-order valence-corrected chi connectivity index (χ1v) is 16.1. The highest BCUT2D eigenvalue weighted by molar-refractivity contribution is 5.96. The van der Waals surface area contributed by atoms with E-state index in [-0.39, 0.29) is 30.3 Å². The maximum Gasteiger partial charge on any atom is 0.282 e. The van der Waals surface area contributed by atoms with Crippen LogP contribution in [-0.2, 0) is 24.5 Å². The largest absolute Gasteiger partial charge is 0.390 e. The number of nitrogens with two attached hydrogens (primary N) is 1. The number of nitrogen functional groups attached to an aromatic ring is 1. The SMILES string of the molecule is COC1(OC)C=CC(C(OC[C@H]2O[C@@H](n3cc(C)c4c(=O)n(N)c(C(=O)C(C)C)nc43)C[C@@H]2O)(c2ccccc2)c2ccccc2)=CC1. The number of Topliss-reactive ketones (excluding diaryl/α,β-unsaturated/α-hetero) is 1. The Kier molecular flexibility index (Phi) is 9.25. The van der Waals surface area contributed by atoms with Crippen molar-refractivity contribution in [1.82, 2.24) is 14.2 Å². The number of fused-ring (bicyclic) bond motifs is 1. The molecule has 0 amide bonds. The molecule has 0 radical (unpaired) electrons. The number of aliphatic hydroxyl groups excluding tert-OH is 1. The Hall–Kier alpha value is -4.39. The van der Waals surface area contributed by atoms with E-state index in [0.29, 0.717) is 17.4 Å². The van der Waals surface area contributed by atoms with E-state index in [2.05, 4.69) is 11.1 Å². The number of ketones is 1. The van der Waals surface area contributed by atoms with E-state index in [9.17, 15) is 14.7 Å². The van der Waals surface area contributed by atoms with Gasteiger partial charge in [0.2, 0.25) is 11.6 Å². The van der Waals surface area contributed by atoms with E-state index in [1.54, 1.807) is 45.8 Å². The Bertz CT molecular complexity index is 1870. The molecular formula is C37H42N4O7. The van der Waals surface area contributed by atoms with Gasteiger partial charge in [0.1, 0.15) is 17.9 Å². The Labute approximate surface area is 279 Å². The minimum atomic E-state index is -1.07. The summed E-state index contributed by atoms with van der Waals surface area (Å²) in [6.45, 7) is 5.25. The van der Waals surface area contributed by atoms with Crippen molar-refractivity contribution < 1.29 is 28.8 Å². The van der Waals surface area contributed by atoms with Crippen LogP contribution in [0.2, 0.25) is 0 Å². The highest BCUT2D eigenvalue weighted by Crippen LogP contribution is 2.45. The van der Waals surface area contributed by atoms with Crippen LogP contribution in [0.4, 0.5) is 0 Å². The second-order valence-electron chi connectivity index (χ2n) is 12.6. The molecule has 11 nitrogen and oxygen atoms in total. The normalized spacial score (nSPS) is 20.8. The molecule has 0 bridgehead atoms. The fourth-order valence-corrected chi connectivity index (χ4v) is 6.63. The molecule has 3 heterocycles. The summed E-state index contributed by atoms with van der Waals surface area (Å²) in [5.41, 5.74) is 2.01. The summed E-state index contributed by atoms with van der Waals surface area (Å²) < 4.78 is 27.4. The van der Waals surface area contributed by atoms with Crippen molar-refractivity contribution in [3.8, 4) is 0 Å². The topological polar surface area (TPSA) is 140 Å². The van der Waals surface area contributed by atoms with Crippen molar-refractivity contribution in [3.05, 3.63) is 124 Å². The minimum Gasteiger partial charge on any atom is -0.390 e. The first kappa shape index (κ1) is 33.5. The minimum absolute atomic E-state index is 0.0324. The van der Waals surface area contributed by atoms with Crippen molar-refractivity contribution >= 4 is 16.8 Å². The zero-order chi connectivity index (χ0) is 34.2. The predicted molar refractivity (Wildman–Crippen MR) is 181 cm³/mol. The molecule has 2 aromatic heterocycles. The molecule has 1 aliphatic carbocycles. The summed E-state index contributed by atoms with van der Waals surface area (Å²) in [6.07, 6.45) is 6.04. The molecule has 1 saturated heterocycles. The zero-order valence-corrected chi connectivity index (χ0v) is 27.8. The third kappa shape index (κ3) is 5.71. The third-order valence-electron chi connectivity index (χ3n) is 9.37. The number of aliphatic hydroxyl groups is 1. The number of methoxy groups -OCH3 is 2. The maximum atomic E-state index is 13.3. The first-order valence-electron chi connectivity index (χ1n) is 16.1. The molecule has 4 aromatic rings. The zero-order valence-electron chi connectivity index (χ0n) is 27.8. The first-order chi connectivity index (χ1) is 23.0. The molecule has 1 fully saturated rings. The summed E-state index contributed by atoms with van der Waals surface area (Å²) in [4.78, 5) is 30.7. The number of rotatable bonds is 11. The molecule has 2 aliphatic rings. The molecule has 6 rings (SSSR count). The molecule has 0 spiro atoms. The van der Waals surface area contributed by atoms with E-state index in [4.69, 9.17) is 24.8 Å². The van der Waals surface area contributed by atoms with Gasteiger partial charge in [-0.15, -0.1) is 0 Å². The van der Waals surface area contributed by atoms with Crippen molar-refractivity contribution in [3.63, 3.8) is 0 Å². The predicted octanol–water partition coefficient (Wildman–Crippen LogP) is 4.54. The number of carbonyl (C=O) groups is 1. The number of hydrogen-bond donors (Lipinski definition) is 2. The van der Waals surface area contributed by atoms with E-state index >= 15 is 0 Å². The number of carbonyl (C=O) groups excluding carboxylic acids is 1. The smallest absolute Gasteiger partial charge is 0.282 e. The molecule has 252 valence electrons. The summed E-state index contributed by atoms with van der Waals surface area (Å²) in [5.74, 6) is 4.25. The second kappa shape index (κ2) is 13.3. The van der Waals surface area contributed by atoms with Crippen LogP contribution in [0.1, 0.15) is 60.2 Å². The van der Waals surface area contributed by atoms with Crippen LogP contribution in [0.5, 0.6) is 0 Å². The Morgan fingerprint density at radius 2 is 1.73 bits per heavy atom. The van der Waals surface area contributed by atoms with Gasteiger partial charge in [0.05, 0.1) is 18.1 Å². The number of hydrogen-bond acceptors (Lipinski definition) is 9. The van der Waals surface area contributed by atoms with Crippen molar-refractivity contribution in [1.29, 1.82) is 0 Å². The van der Waals surface area contributed by atoms with Gasteiger partial charge in [0.15, 0.2) is 11.4 Å². The van der Waals surface area contributed by atoms with Crippen LogP contribution in [0.25, 0.3) is 11.0 Å². The standard InChI is InChI=1S/C37H42N4O7/c1-23(2)32(43)34-39-33-31(35(44)41(34)38)24(3)21-40(33)30-20-28(42)29(48-30)22-47-37(25-12-8-6-9-13-25,26-14-10-7-11-15-26)27-16-18-36(45-4,46-5)19-17-27/h6-18,21,23,28-30,42H,19-20,22,38H2,1-5H3/t28-,29+,30+/m0/s1. The highest BCUT2D eigenvalue weighted by Gasteiger charge is 2.44. The molecule has 0 saturated carbocycles. The Morgan fingerprint density at radius 1 is 1.10 bits per heavy atom. The number of aromatic nitrogens is 3. The quantitative estimate of drug-likeness (QED) is 0.136. The lowest BCUT2D eigenvalue weighted by Gasteiger charge is -2.40. The van der Waals surface area contributed by atoms with E-state index < -0.39 is 41.3 Å². The lowest BCUT2D eigenvalue weighted by molar-refractivity contribution is -0.168. The van der Waals surface area contributed by atoms with Crippen molar-refractivity contribution in [2.75, 3.05) is 26.7 Å². The average Bonchev–Trinajstić information content (AvgIpc) is 3.65. The summed E-state index contributed by atoms with van der Waals surface area (Å²) in [7, 11) is 3.22. The van der Waals surface area contributed by atoms with Gasteiger partial charge >= 0.3 is 0 Å². The van der Waals surface area contributed by atoms with Gasteiger partial charge in [-0.2, -0.15) is 0 Å². The van der Waals surface area contributed by atoms with Gasteiger partial charge in [0, 0.05) is 39.2 Å². The lowest BCUT2D eigenvalue weighted by Crippen LogP contribution is -2.40. The van der Waals surface area contributed by atoms with Crippen molar-refractivity contribution in [2.45, 2.75) is 63.4 Å². The molecule has 11 heteroatoms. The van der Waals surface area contributed by atoms with Crippen molar-refractivity contribution in [2.24, 2.45) is 5.92 Å². The molecule has 48 heavy (non-hydrogen) atoms. The van der Waals surface area contributed by atoms with Gasteiger partial charge in [-0.1, -0.05) is 86.7 Å². The molecular weight excluding hydrogens is 612 g/mol. The summed E-state index contributed by atoms with van der Waals surface area (Å²) in [5, 5.41) is 11.6. The third-order valence-corrected chi connectivity index (χ3v) is 9.37. The van der Waals surface area contributed by atoms with Gasteiger partial charge in [-0.05, 0) is 35.3 Å². The molecule has 0 unspecified atom stereocenters. The van der Waals surface area contributed by atoms with Crippen LogP contribution in [-0.4, -0.2) is 63.9 Å². The highest BCUT2D eigenvalue weighted by atomic mass is 16.7. The number of aryl methyl sites for hydroxylation is 1. The van der Waals surface area contributed by atoms with Crippen LogP contribution in [0.15, 0.2) is 95.5 Å². The van der Waals surface area contributed by atoms with E-state index in [0.717, 1.165) is 21.4 Å². The summed E-state index contributed by atoms with van der Waals surface area (Å²) >= 11 is 0. The number of benzene rings is 2. The second-order valence-corrected chi connectivity index (χ2v) is 12.6. The van der Waals surface area contributed by atoms with E-state index in [1.165, 1.54) is 0 Å². The number of nitrogens with zero attached hydrogens (tertiary/aromatic N) is 3. The Balaban J connectivity index is 1.36. The fraction of sp³-hybridized carbons (Fsp3) is 0.378. The average molecular weight is 655 g/mol. The summed E-state index contributed by atoms with van der Waals surface area (Å²) in [6, 6.07) is 19.9. The fourth-order valence-electron chi connectivity index (χ4n) is 6.63. The number of ether oxygens (including phenoxy) is 4. The van der Waals surface area contributed by atoms with Gasteiger partial charge in [-0.25, -0.2) is 9.66 Å². The van der Waals surface area contributed by atoms with Crippen LogP contribution < -0.4 is 11.4 Å². The molecule has 3 atom stereocenters. The molecule has 1 aliphatic heterocycles. The molecule has 2 aromatic carbocycles. The van der Waals surface area contributed by atoms with Crippen LogP contribution in [0, 0.1) is 12.8 Å². The Morgan fingerprint density at radius 3 is 2.27 bits per heavy atom. The van der Waals surface area contributed by atoms with Crippen LogP contribution in [0.3, 0.4) is 0 Å². The molecule has 3 N–H and O–H groups in total. The maximum absolute atomic E-state index is 13.3.